The number of carbonyl (C=O) groups is 1. The number of rotatable bonds is 6. The van der Waals surface area contributed by atoms with Gasteiger partial charge in [-0.2, -0.15) is 5.10 Å². The molecule has 2 N–H and O–H groups in total. The lowest BCUT2D eigenvalue weighted by atomic mass is 9.96. The highest BCUT2D eigenvalue weighted by Crippen LogP contribution is 2.31. The third-order valence-corrected chi connectivity index (χ3v) is 4.42. The highest BCUT2D eigenvalue weighted by molar-refractivity contribution is 5.85. The molecule has 2 heterocycles. The van der Waals surface area contributed by atoms with Crippen molar-refractivity contribution in [3.63, 3.8) is 0 Å². The third kappa shape index (κ3) is 2.85. The first kappa shape index (κ1) is 15.6. The van der Waals surface area contributed by atoms with Crippen molar-refractivity contribution in [2.24, 2.45) is 5.73 Å². The molecule has 1 amide bonds. The molecule has 1 aromatic heterocycles. The van der Waals surface area contributed by atoms with Crippen LogP contribution in [0, 0.1) is 0 Å². The molecule has 0 saturated carbocycles. The SMILES string of the molecule is COCC1(C(N)=O)CCCN1Cc1ncnn1-c1ccccc1. The summed E-state index contributed by atoms with van der Waals surface area (Å²) in [5, 5.41) is 4.30. The van der Waals surface area contributed by atoms with E-state index in [0.29, 0.717) is 19.6 Å². The van der Waals surface area contributed by atoms with Gasteiger partial charge in [0.2, 0.25) is 5.91 Å². The van der Waals surface area contributed by atoms with Gasteiger partial charge >= 0.3 is 0 Å². The number of ether oxygens (including phenoxy) is 1. The van der Waals surface area contributed by atoms with Crippen molar-refractivity contribution in [2.45, 2.75) is 24.9 Å². The predicted octanol–water partition coefficient (Wildman–Crippen LogP) is 0.734. The summed E-state index contributed by atoms with van der Waals surface area (Å²) in [5.74, 6) is 0.433. The Hall–Kier alpha value is -2.25. The lowest BCUT2D eigenvalue weighted by Gasteiger charge is -2.34. The number of nitrogens with two attached hydrogens (primary N) is 1. The van der Waals surface area contributed by atoms with E-state index in [2.05, 4.69) is 15.0 Å². The van der Waals surface area contributed by atoms with Crippen LogP contribution >= 0.6 is 0 Å². The molecule has 1 saturated heterocycles. The summed E-state index contributed by atoms with van der Waals surface area (Å²) in [5.41, 5.74) is 5.86. The molecule has 2 aromatic rings. The maximum Gasteiger partial charge on any atom is 0.240 e. The van der Waals surface area contributed by atoms with E-state index in [9.17, 15) is 4.79 Å². The zero-order valence-corrected chi connectivity index (χ0v) is 13.2. The molecule has 0 bridgehead atoms. The Morgan fingerprint density at radius 2 is 2.17 bits per heavy atom. The van der Waals surface area contributed by atoms with Crippen molar-refractivity contribution in [3.05, 3.63) is 42.5 Å². The van der Waals surface area contributed by atoms with E-state index in [1.54, 1.807) is 11.8 Å². The van der Waals surface area contributed by atoms with Gasteiger partial charge in [0.05, 0.1) is 18.8 Å². The van der Waals surface area contributed by atoms with Gasteiger partial charge in [0.1, 0.15) is 17.7 Å². The standard InChI is InChI=1S/C16H21N5O2/c1-23-11-16(15(17)22)8-5-9-20(16)10-14-18-12-19-21(14)13-6-3-2-4-7-13/h2-4,6-7,12H,5,8-11H2,1H3,(H2,17,22). The summed E-state index contributed by atoms with van der Waals surface area (Å²) in [7, 11) is 1.59. The van der Waals surface area contributed by atoms with Crippen LogP contribution in [0.3, 0.4) is 0 Å². The molecule has 7 heteroatoms. The average molecular weight is 315 g/mol. The normalized spacial score (nSPS) is 21.6. The van der Waals surface area contributed by atoms with Crippen LogP contribution in [0.15, 0.2) is 36.7 Å². The number of hydrogen-bond donors (Lipinski definition) is 1. The molecular formula is C16H21N5O2. The summed E-state index contributed by atoms with van der Waals surface area (Å²) in [6, 6.07) is 9.80. The van der Waals surface area contributed by atoms with Crippen molar-refractivity contribution >= 4 is 5.91 Å². The van der Waals surface area contributed by atoms with Gasteiger partial charge < -0.3 is 10.5 Å². The number of aromatic nitrogens is 3. The van der Waals surface area contributed by atoms with E-state index in [4.69, 9.17) is 10.5 Å². The van der Waals surface area contributed by atoms with Crippen molar-refractivity contribution in [1.82, 2.24) is 19.7 Å². The summed E-state index contributed by atoms with van der Waals surface area (Å²) in [6.07, 6.45) is 3.14. The molecule has 0 spiro atoms. The Balaban J connectivity index is 1.88. The maximum absolute atomic E-state index is 12.1. The number of amides is 1. The summed E-state index contributed by atoms with van der Waals surface area (Å²) < 4.78 is 7.06. The molecule has 3 rings (SSSR count). The number of carbonyl (C=O) groups excluding carboxylic acids is 1. The minimum Gasteiger partial charge on any atom is -0.382 e. The number of para-hydroxylation sites is 1. The van der Waals surface area contributed by atoms with Gasteiger partial charge in [-0.1, -0.05) is 18.2 Å². The van der Waals surface area contributed by atoms with Gasteiger partial charge in [-0.15, -0.1) is 0 Å². The highest BCUT2D eigenvalue weighted by Gasteiger charge is 2.46. The van der Waals surface area contributed by atoms with Gasteiger partial charge in [-0.3, -0.25) is 9.69 Å². The van der Waals surface area contributed by atoms with E-state index in [1.807, 2.05) is 30.3 Å². The average Bonchev–Trinajstić information content (AvgIpc) is 3.17. The molecule has 1 aliphatic heterocycles. The summed E-state index contributed by atoms with van der Waals surface area (Å²) >= 11 is 0. The van der Waals surface area contributed by atoms with Crippen molar-refractivity contribution in [1.29, 1.82) is 0 Å². The van der Waals surface area contributed by atoms with Crippen LogP contribution in [0.5, 0.6) is 0 Å². The zero-order valence-electron chi connectivity index (χ0n) is 13.2. The monoisotopic (exact) mass is 315 g/mol. The molecule has 23 heavy (non-hydrogen) atoms. The Bertz CT molecular complexity index is 672. The number of benzene rings is 1. The molecule has 1 atom stereocenters. The van der Waals surface area contributed by atoms with E-state index in [1.165, 1.54) is 6.33 Å². The first-order valence-electron chi connectivity index (χ1n) is 7.65. The first-order valence-corrected chi connectivity index (χ1v) is 7.65. The van der Waals surface area contributed by atoms with Crippen LogP contribution < -0.4 is 5.73 Å². The second kappa shape index (κ2) is 6.47. The fourth-order valence-corrected chi connectivity index (χ4v) is 3.25. The van der Waals surface area contributed by atoms with Crippen LogP contribution in [0.2, 0.25) is 0 Å². The van der Waals surface area contributed by atoms with Crippen molar-refractivity contribution in [3.8, 4) is 5.69 Å². The van der Waals surface area contributed by atoms with Gasteiger partial charge in [0.15, 0.2) is 0 Å². The fourth-order valence-electron chi connectivity index (χ4n) is 3.25. The maximum atomic E-state index is 12.1. The summed E-state index contributed by atoms with van der Waals surface area (Å²) in [6.45, 7) is 1.58. The lowest BCUT2D eigenvalue weighted by Crippen LogP contribution is -2.56. The minimum atomic E-state index is -0.762. The number of likely N-dealkylation sites (tertiary alicyclic amines) is 1. The third-order valence-electron chi connectivity index (χ3n) is 4.42. The zero-order chi connectivity index (χ0) is 16.3. The minimum absolute atomic E-state index is 0.293. The topological polar surface area (TPSA) is 86.3 Å². The van der Waals surface area contributed by atoms with Crippen LogP contribution in [0.1, 0.15) is 18.7 Å². The molecule has 1 unspecified atom stereocenters. The van der Waals surface area contributed by atoms with Crippen LogP contribution in [0.25, 0.3) is 5.69 Å². The van der Waals surface area contributed by atoms with Gasteiger partial charge in [-0.25, -0.2) is 9.67 Å². The molecule has 7 nitrogen and oxygen atoms in total. The summed E-state index contributed by atoms with van der Waals surface area (Å²) in [4.78, 5) is 18.5. The predicted molar refractivity (Wildman–Crippen MR) is 84.8 cm³/mol. The van der Waals surface area contributed by atoms with Crippen LogP contribution in [-0.2, 0) is 16.1 Å². The smallest absolute Gasteiger partial charge is 0.240 e. The molecule has 0 aliphatic carbocycles. The molecular weight excluding hydrogens is 294 g/mol. The lowest BCUT2D eigenvalue weighted by molar-refractivity contribution is -0.132. The number of methoxy groups -OCH3 is 1. The second-order valence-electron chi connectivity index (χ2n) is 5.78. The molecule has 1 aliphatic rings. The van der Waals surface area contributed by atoms with E-state index < -0.39 is 5.54 Å². The van der Waals surface area contributed by atoms with Crippen LogP contribution in [0.4, 0.5) is 0 Å². The first-order chi connectivity index (χ1) is 11.2. The van der Waals surface area contributed by atoms with Gasteiger partial charge in [-0.05, 0) is 31.5 Å². The Morgan fingerprint density at radius 3 is 2.87 bits per heavy atom. The molecule has 1 aromatic carbocycles. The van der Waals surface area contributed by atoms with Crippen molar-refractivity contribution < 1.29 is 9.53 Å². The van der Waals surface area contributed by atoms with E-state index in [-0.39, 0.29) is 5.91 Å². The highest BCUT2D eigenvalue weighted by atomic mass is 16.5. The fraction of sp³-hybridized carbons (Fsp3) is 0.438. The van der Waals surface area contributed by atoms with Crippen LogP contribution in [-0.4, -0.2) is 51.4 Å². The molecule has 0 radical (unpaired) electrons. The molecule has 122 valence electrons. The Morgan fingerprint density at radius 1 is 1.39 bits per heavy atom. The number of hydrogen-bond acceptors (Lipinski definition) is 5. The van der Waals surface area contributed by atoms with Gasteiger partial charge in [0, 0.05) is 7.11 Å². The van der Waals surface area contributed by atoms with E-state index in [0.717, 1.165) is 24.5 Å². The Labute approximate surface area is 135 Å². The van der Waals surface area contributed by atoms with Crippen molar-refractivity contribution in [2.75, 3.05) is 20.3 Å². The Kier molecular flexibility index (Phi) is 4.40. The van der Waals surface area contributed by atoms with E-state index >= 15 is 0 Å². The van der Waals surface area contributed by atoms with Gasteiger partial charge in [0.25, 0.3) is 0 Å². The quantitative estimate of drug-likeness (QED) is 0.849. The number of nitrogens with zero attached hydrogens (tertiary/aromatic N) is 4. The second-order valence-corrected chi connectivity index (χ2v) is 5.78. The number of primary amides is 1. The largest absolute Gasteiger partial charge is 0.382 e. The molecule has 1 fully saturated rings.